The molecule has 106 valence electrons. The van der Waals surface area contributed by atoms with Crippen molar-refractivity contribution in [1.29, 1.82) is 0 Å². The minimum absolute atomic E-state index is 0.245. The molecule has 2 aromatic rings. The van der Waals surface area contributed by atoms with Crippen LogP contribution >= 0.6 is 11.6 Å². The molecule has 0 atom stereocenters. The van der Waals surface area contributed by atoms with Gasteiger partial charge in [0.2, 0.25) is 10.0 Å². The highest BCUT2D eigenvalue weighted by atomic mass is 35.5. The first-order chi connectivity index (χ1) is 9.38. The number of hydrogen-bond donors (Lipinski definition) is 0. The molecule has 2 rings (SSSR count). The maximum atomic E-state index is 12.0. The maximum Gasteiger partial charge on any atom is 0.232 e. The Morgan fingerprint density at radius 3 is 2.60 bits per heavy atom. The van der Waals surface area contributed by atoms with E-state index in [1.165, 1.54) is 10.6 Å². The van der Waals surface area contributed by atoms with E-state index < -0.39 is 10.0 Å². The van der Waals surface area contributed by atoms with Crippen molar-refractivity contribution in [1.82, 2.24) is 4.98 Å². The number of benzene rings is 1. The van der Waals surface area contributed by atoms with Gasteiger partial charge in [0.1, 0.15) is 0 Å². The van der Waals surface area contributed by atoms with E-state index in [0.717, 1.165) is 11.1 Å². The molecule has 0 saturated heterocycles. The van der Waals surface area contributed by atoms with Crippen LogP contribution in [0.2, 0.25) is 5.02 Å². The predicted octanol–water partition coefficient (Wildman–Crippen LogP) is 3.01. The minimum Gasteiger partial charge on any atom is -0.266 e. The van der Waals surface area contributed by atoms with Gasteiger partial charge < -0.3 is 0 Å². The van der Waals surface area contributed by atoms with Crippen LogP contribution in [0.1, 0.15) is 11.1 Å². The fourth-order valence-electron chi connectivity index (χ4n) is 1.94. The van der Waals surface area contributed by atoms with E-state index >= 15 is 0 Å². The summed E-state index contributed by atoms with van der Waals surface area (Å²) >= 11 is 5.92. The van der Waals surface area contributed by atoms with Crippen LogP contribution < -0.4 is 4.31 Å². The molecule has 0 amide bonds. The molecule has 0 aliphatic rings. The van der Waals surface area contributed by atoms with Crippen LogP contribution in [0.5, 0.6) is 0 Å². The Morgan fingerprint density at radius 2 is 2.05 bits per heavy atom. The van der Waals surface area contributed by atoms with Crippen molar-refractivity contribution in [2.45, 2.75) is 13.5 Å². The molecular formula is C14H15ClN2O2S. The normalized spacial score (nSPS) is 11.3. The molecule has 0 N–H and O–H groups in total. The minimum atomic E-state index is -3.39. The van der Waals surface area contributed by atoms with Gasteiger partial charge in [0.05, 0.1) is 18.5 Å². The molecule has 0 aliphatic heterocycles. The Kier molecular flexibility index (Phi) is 4.30. The summed E-state index contributed by atoms with van der Waals surface area (Å²) in [6.45, 7) is 2.08. The number of rotatable bonds is 4. The monoisotopic (exact) mass is 310 g/mol. The van der Waals surface area contributed by atoms with Crippen LogP contribution in [0.4, 0.5) is 5.69 Å². The van der Waals surface area contributed by atoms with Gasteiger partial charge in [-0.25, -0.2) is 8.42 Å². The third-order valence-corrected chi connectivity index (χ3v) is 4.24. The number of aryl methyl sites for hydroxylation is 1. The van der Waals surface area contributed by atoms with E-state index in [2.05, 4.69) is 4.98 Å². The number of hydrogen-bond acceptors (Lipinski definition) is 3. The van der Waals surface area contributed by atoms with Gasteiger partial charge in [-0.2, -0.15) is 0 Å². The number of sulfonamides is 1. The first-order valence-corrected chi connectivity index (χ1v) is 8.23. The summed E-state index contributed by atoms with van der Waals surface area (Å²) in [5.74, 6) is 0. The van der Waals surface area contributed by atoms with Crippen LogP contribution in [0.25, 0.3) is 0 Å². The van der Waals surface area contributed by atoms with E-state index in [9.17, 15) is 8.42 Å². The van der Waals surface area contributed by atoms with Gasteiger partial charge in [0, 0.05) is 17.4 Å². The molecule has 0 radical (unpaired) electrons. The zero-order valence-corrected chi connectivity index (χ0v) is 12.8. The summed E-state index contributed by atoms with van der Waals surface area (Å²) in [6.07, 6.45) is 4.50. The highest BCUT2D eigenvalue weighted by molar-refractivity contribution is 7.92. The van der Waals surface area contributed by atoms with E-state index in [1.807, 2.05) is 13.0 Å². The SMILES string of the molecule is Cc1cc(Cl)ccc1N(Cc1cccnc1)S(C)(=O)=O. The lowest BCUT2D eigenvalue weighted by Crippen LogP contribution is -2.29. The number of nitrogens with zero attached hydrogens (tertiary/aromatic N) is 2. The zero-order chi connectivity index (χ0) is 14.8. The Balaban J connectivity index is 2.44. The van der Waals surface area contributed by atoms with Crippen molar-refractivity contribution in [3.05, 3.63) is 58.9 Å². The molecule has 1 aromatic heterocycles. The molecule has 6 heteroatoms. The van der Waals surface area contributed by atoms with Crippen molar-refractivity contribution >= 4 is 27.3 Å². The van der Waals surface area contributed by atoms with E-state index in [-0.39, 0.29) is 6.54 Å². The van der Waals surface area contributed by atoms with E-state index in [1.54, 1.807) is 36.7 Å². The lowest BCUT2D eigenvalue weighted by molar-refractivity contribution is 0.596. The molecule has 20 heavy (non-hydrogen) atoms. The molecule has 1 heterocycles. The summed E-state index contributed by atoms with van der Waals surface area (Å²) in [6, 6.07) is 8.78. The fraction of sp³-hybridized carbons (Fsp3) is 0.214. The lowest BCUT2D eigenvalue weighted by atomic mass is 10.2. The summed E-state index contributed by atoms with van der Waals surface area (Å²) in [5.41, 5.74) is 2.26. The van der Waals surface area contributed by atoms with Crippen LogP contribution in [-0.2, 0) is 16.6 Å². The summed E-state index contributed by atoms with van der Waals surface area (Å²) in [5, 5.41) is 0.584. The first kappa shape index (κ1) is 14.8. The molecule has 0 aliphatic carbocycles. The number of anilines is 1. The fourth-order valence-corrected chi connectivity index (χ4v) is 3.11. The molecule has 0 fully saturated rings. The molecule has 1 aromatic carbocycles. The van der Waals surface area contributed by atoms with Crippen LogP contribution in [0, 0.1) is 6.92 Å². The Morgan fingerprint density at radius 1 is 1.30 bits per heavy atom. The summed E-state index contributed by atoms with van der Waals surface area (Å²) in [4.78, 5) is 4.01. The Labute approximate surface area is 124 Å². The van der Waals surface area contributed by atoms with Crippen molar-refractivity contribution in [2.75, 3.05) is 10.6 Å². The molecule has 0 spiro atoms. The Hall–Kier alpha value is -1.59. The molecule has 0 bridgehead atoms. The molecule has 4 nitrogen and oxygen atoms in total. The van der Waals surface area contributed by atoms with Gasteiger partial charge in [-0.05, 0) is 42.3 Å². The van der Waals surface area contributed by atoms with Gasteiger partial charge >= 0.3 is 0 Å². The predicted molar refractivity (Wildman–Crippen MR) is 81.5 cm³/mol. The van der Waals surface area contributed by atoms with E-state index in [0.29, 0.717) is 10.7 Å². The quantitative estimate of drug-likeness (QED) is 0.872. The second kappa shape index (κ2) is 5.81. The maximum absolute atomic E-state index is 12.0. The van der Waals surface area contributed by atoms with Crippen molar-refractivity contribution in [2.24, 2.45) is 0 Å². The third-order valence-electron chi connectivity index (χ3n) is 2.88. The van der Waals surface area contributed by atoms with Gasteiger partial charge in [-0.3, -0.25) is 9.29 Å². The van der Waals surface area contributed by atoms with Gasteiger partial charge in [0.15, 0.2) is 0 Å². The summed E-state index contributed by atoms with van der Waals surface area (Å²) in [7, 11) is -3.39. The van der Waals surface area contributed by atoms with Gasteiger partial charge in [-0.15, -0.1) is 0 Å². The first-order valence-electron chi connectivity index (χ1n) is 6.00. The average Bonchev–Trinajstić information content (AvgIpc) is 2.37. The second-order valence-electron chi connectivity index (χ2n) is 4.56. The van der Waals surface area contributed by atoms with Crippen LogP contribution in [0.15, 0.2) is 42.7 Å². The Bertz CT molecular complexity index is 702. The topological polar surface area (TPSA) is 50.3 Å². The van der Waals surface area contributed by atoms with Crippen LogP contribution in [0.3, 0.4) is 0 Å². The number of aromatic nitrogens is 1. The number of halogens is 1. The van der Waals surface area contributed by atoms with Crippen molar-refractivity contribution in [3.63, 3.8) is 0 Å². The van der Waals surface area contributed by atoms with Crippen molar-refractivity contribution < 1.29 is 8.42 Å². The smallest absolute Gasteiger partial charge is 0.232 e. The van der Waals surface area contributed by atoms with Crippen molar-refractivity contribution in [3.8, 4) is 0 Å². The van der Waals surface area contributed by atoms with Crippen LogP contribution in [-0.4, -0.2) is 19.7 Å². The molecule has 0 unspecified atom stereocenters. The zero-order valence-electron chi connectivity index (χ0n) is 11.2. The standard InChI is InChI=1S/C14H15ClN2O2S/c1-11-8-13(15)5-6-14(11)17(20(2,18)19)10-12-4-3-7-16-9-12/h3-9H,10H2,1-2H3. The highest BCUT2D eigenvalue weighted by Crippen LogP contribution is 2.26. The third kappa shape index (κ3) is 3.49. The lowest BCUT2D eigenvalue weighted by Gasteiger charge is -2.24. The van der Waals surface area contributed by atoms with Gasteiger partial charge in [-0.1, -0.05) is 17.7 Å². The molecule has 0 saturated carbocycles. The largest absolute Gasteiger partial charge is 0.266 e. The second-order valence-corrected chi connectivity index (χ2v) is 6.90. The van der Waals surface area contributed by atoms with Gasteiger partial charge in [0.25, 0.3) is 0 Å². The number of pyridine rings is 1. The highest BCUT2D eigenvalue weighted by Gasteiger charge is 2.19. The molecular weight excluding hydrogens is 296 g/mol. The average molecular weight is 311 g/mol. The summed E-state index contributed by atoms with van der Waals surface area (Å²) < 4.78 is 25.4. The van der Waals surface area contributed by atoms with E-state index in [4.69, 9.17) is 11.6 Å².